The first-order valence-electron chi connectivity index (χ1n) is 5.79. The number of benzene rings is 1. The van der Waals surface area contributed by atoms with Crippen LogP contribution >= 0.6 is 12.4 Å². The van der Waals surface area contributed by atoms with Crippen LogP contribution in [0.15, 0.2) is 23.1 Å². The number of halogens is 1. The Bertz CT molecular complexity index is 511. The number of nitrogens with one attached hydrogen (secondary N) is 2. The molecule has 1 aliphatic heterocycles. The fourth-order valence-electron chi connectivity index (χ4n) is 2.03. The van der Waals surface area contributed by atoms with Gasteiger partial charge in [-0.15, -0.1) is 12.4 Å². The van der Waals surface area contributed by atoms with Gasteiger partial charge in [0.2, 0.25) is 10.0 Å². The summed E-state index contributed by atoms with van der Waals surface area (Å²) in [6, 6.07) is 5.50. The molecule has 0 aliphatic carbocycles. The quantitative estimate of drug-likeness (QED) is 0.884. The van der Waals surface area contributed by atoms with Crippen molar-refractivity contribution < 1.29 is 8.42 Å². The predicted octanol–water partition coefficient (Wildman–Crippen LogP) is 1.37. The lowest BCUT2D eigenvalue weighted by Gasteiger charge is -2.14. The second-order valence-corrected chi connectivity index (χ2v) is 6.26. The van der Waals surface area contributed by atoms with E-state index in [1.54, 1.807) is 6.07 Å². The largest absolute Gasteiger partial charge is 0.315 e. The molecule has 0 spiro atoms. The molecule has 1 heterocycles. The first kappa shape index (κ1) is 15.4. The number of sulfonamides is 1. The maximum absolute atomic E-state index is 12.2. The average molecular weight is 291 g/mol. The summed E-state index contributed by atoms with van der Waals surface area (Å²) in [5, 5.41) is 3.15. The second kappa shape index (κ2) is 6.02. The highest BCUT2D eigenvalue weighted by Gasteiger charge is 2.23. The molecule has 18 heavy (non-hydrogen) atoms. The van der Waals surface area contributed by atoms with Crippen LogP contribution in [0.2, 0.25) is 0 Å². The number of rotatable bonds is 3. The van der Waals surface area contributed by atoms with Crippen LogP contribution in [0, 0.1) is 13.8 Å². The molecule has 102 valence electrons. The van der Waals surface area contributed by atoms with E-state index < -0.39 is 10.0 Å². The molecule has 1 aromatic carbocycles. The third kappa shape index (κ3) is 3.45. The topological polar surface area (TPSA) is 58.2 Å². The van der Waals surface area contributed by atoms with Crippen molar-refractivity contribution in [2.45, 2.75) is 31.2 Å². The number of aryl methyl sites for hydroxylation is 2. The summed E-state index contributed by atoms with van der Waals surface area (Å²) in [4.78, 5) is 0.393. The van der Waals surface area contributed by atoms with Gasteiger partial charge in [-0.05, 0) is 44.0 Å². The zero-order valence-corrected chi connectivity index (χ0v) is 12.2. The minimum Gasteiger partial charge on any atom is -0.315 e. The fourth-order valence-corrected chi connectivity index (χ4v) is 3.63. The zero-order chi connectivity index (χ0) is 12.5. The van der Waals surface area contributed by atoms with E-state index >= 15 is 0 Å². The van der Waals surface area contributed by atoms with Crippen molar-refractivity contribution in [3.63, 3.8) is 0 Å². The Kier molecular flexibility index (Phi) is 5.16. The van der Waals surface area contributed by atoms with Gasteiger partial charge in [-0.25, -0.2) is 13.1 Å². The first-order chi connectivity index (χ1) is 7.99. The van der Waals surface area contributed by atoms with Gasteiger partial charge in [-0.2, -0.15) is 0 Å². The van der Waals surface area contributed by atoms with E-state index in [1.165, 1.54) is 0 Å². The van der Waals surface area contributed by atoms with Gasteiger partial charge >= 0.3 is 0 Å². The monoisotopic (exact) mass is 290 g/mol. The normalized spacial score (nSPS) is 19.6. The van der Waals surface area contributed by atoms with Gasteiger partial charge in [0.05, 0.1) is 4.90 Å². The van der Waals surface area contributed by atoms with Crippen molar-refractivity contribution in [2.75, 3.05) is 13.1 Å². The molecule has 0 saturated carbocycles. The highest BCUT2D eigenvalue weighted by molar-refractivity contribution is 7.89. The molecule has 0 amide bonds. The van der Waals surface area contributed by atoms with Crippen LogP contribution < -0.4 is 10.0 Å². The molecular formula is C12H19ClN2O2S. The summed E-state index contributed by atoms with van der Waals surface area (Å²) >= 11 is 0. The van der Waals surface area contributed by atoms with Crippen molar-refractivity contribution in [1.82, 2.24) is 10.0 Å². The van der Waals surface area contributed by atoms with Gasteiger partial charge in [0.15, 0.2) is 0 Å². The van der Waals surface area contributed by atoms with E-state index in [1.807, 2.05) is 26.0 Å². The SMILES string of the molecule is Cc1ccc(C)c(S(=O)(=O)NC2CCNC2)c1.Cl. The summed E-state index contributed by atoms with van der Waals surface area (Å²) in [6.45, 7) is 5.31. The van der Waals surface area contributed by atoms with Crippen LogP contribution in [0.3, 0.4) is 0 Å². The van der Waals surface area contributed by atoms with Gasteiger partial charge in [0, 0.05) is 12.6 Å². The van der Waals surface area contributed by atoms with Crippen molar-refractivity contribution in [3.05, 3.63) is 29.3 Å². The Hall–Kier alpha value is -0.620. The number of hydrogen-bond donors (Lipinski definition) is 2. The summed E-state index contributed by atoms with van der Waals surface area (Å²) in [5.41, 5.74) is 1.74. The Balaban J connectivity index is 0.00000162. The molecule has 1 fully saturated rings. The Labute approximate surface area is 115 Å². The van der Waals surface area contributed by atoms with Gasteiger partial charge in [0.25, 0.3) is 0 Å². The molecular weight excluding hydrogens is 272 g/mol. The molecule has 0 radical (unpaired) electrons. The van der Waals surface area contributed by atoms with Crippen LogP contribution in [0.25, 0.3) is 0 Å². The highest BCUT2D eigenvalue weighted by Crippen LogP contribution is 2.17. The van der Waals surface area contributed by atoms with E-state index in [9.17, 15) is 8.42 Å². The lowest BCUT2D eigenvalue weighted by Crippen LogP contribution is -2.36. The standard InChI is InChI=1S/C12H18N2O2S.ClH/c1-9-3-4-10(2)12(7-9)17(15,16)14-11-5-6-13-8-11;/h3-4,7,11,13-14H,5-6,8H2,1-2H3;1H. The second-order valence-electron chi connectivity index (χ2n) is 4.58. The minimum absolute atomic E-state index is 0. The molecule has 4 nitrogen and oxygen atoms in total. The molecule has 0 bridgehead atoms. The van der Waals surface area contributed by atoms with E-state index in [-0.39, 0.29) is 18.4 Å². The summed E-state index contributed by atoms with van der Waals surface area (Å²) in [7, 11) is -3.39. The average Bonchev–Trinajstić information content (AvgIpc) is 2.73. The van der Waals surface area contributed by atoms with Crippen LogP contribution in [-0.2, 0) is 10.0 Å². The molecule has 1 aromatic rings. The Morgan fingerprint density at radius 1 is 1.33 bits per heavy atom. The van der Waals surface area contributed by atoms with Crippen molar-refractivity contribution in [1.29, 1.82) is 0 Å². The van der Waals surface area contributed by atoms with Crippen LogP contribution in [0.1, 0.15) is 17.5 Å². The molecule has 1 aliphatic rings. The third-order valence-corrected chi connectivity index (χ3v) is 4.68. The third-order valence-electron chi connectivity index (χ3n) is 3.02. The highest BCUT2D eigenvalue weighted by atomic mass is 35.5. The summed E-state index contributed by atoms with van der Waals surface area (Å²) < 4.78 is 27.2. The van der Waals surface area contributed by atoms with Gasteiger partial charge < -0.3 is 5.32 Å². The van der Waals surface area contributed by atoms with Crippen molar-refractivity contribution >= 4 is 22.4 Å². The lowest BCUT2D eigenvalue weighted by atomic mass is 10.2. The van der Waals surface area contributed by atoms with Crippen LogP contribution in [0.4, 0.5) is 0 Å². The maximum Gasteiger partial charge on any atom is 0.241 e. The number of hydrogen-bond acceptors (Lipinski definition) is 3. The van der Waals surface area contributed by atoms with Crippen molar-refractivity contribution in [2.24, 2.45) is 0 Å². The van der Waals surface area contributed by atoms with E-state index in [4.69, 9.17) is 0 Å². The molecule has 2 N–H and O–H groups in total. The van der Waals surface area contributed by atoms with Gasteiger partial charge in [0.1, 0.15) is 0 Å². The Morgan fingerprint density at radius 3 is 2.67 bits per heavy atom. The fraction of sp³-hybridized carbons (Fsp3) is 0.500. The Morgan fingerprint density at radius 2 is 2.06 bits per heavy atom. The molecule has 6 heteroatoms. The smallest absolute Gasteiger partial charge is 0.241 e. The van der Waals surface area contributed by atoms with Gasteiger partial charge in [-0.1, -0.05) is 12.1 Å². The first-order valence-corrected chi connectivity index (χ1v) is 7.28. The lowest BCUT2D eigenvalue weighted by molar-refractivity contribution is 0.559. The molecule has 1 unspecified atom stereocenters. The predicted molar refractivity (Wildman–Crippen MR) is 74.8 cm³/mol. The minimum atomic E-state index is -3.39. The zero-order valence-electron chi connectivity index (χ0n) is 10.6. The maximum atomic E-state index is 12.2. The molecule has 0 aromatic heterocycles. The van der Waals surface area contributed by atoms with Crippen molar-refractivity contribution in [3.8, 4) is 0 Å². The summed E-state index contributed by atoms with van der Waals surface area (Å²) in [5.74, 6) is 0. The van der Waals surface area contributed by atoms with Gasteiger partial charge in [-0.3, -0.25) is 0 Å². The molecule has 1 atom stereocenters. The van der Waals surface area contributed by atoms with Crippen LogP contribution in [-0.4, -0.2) is 27.5 Å². The van der Waals surface area contributed by atoms with E-state index in [0.29, 0.717) is 11.4 Å². The molecule has 2 rings (SSSR count). The summed E-state index contributed by atoms with van der Waals surface area (Å²) in [6.07, 6.45) is 0.851. The van der Waals surface area contributed by atoms with E-state index in [2.05, 4.69) is 10.0 Å². The molecule has 1 saturated heterocycles. The van der Waals surface area contributed by atoms with E-state index in [0.717, 1.165) is 24.1 Å². The van der Waals surface area contributed by atoms with Crippen LogP contribution in [0.5, 0.6) is 0 Å².